The van der Waals surface area contributed by atoms with E-state index in [1.54, 1.807) is 0 Å². The minimum atomic E-state index is -0.625. The van der Waals surface area contributed by atoms with Gasteiger partial charge in [0, 0.05) is 5.54 Å². The van der Waals surface area contributed by atoms with Crippen molar-refractivity contribution in [2.24, 2.45) is 22.7 Å². The molecule has 0 aromatic heterocycles. The second-order valence-electron chi connectivity index (χ2n) is 7.54. The van der Waals surface area contributed by atoms with E-state index in [-0.39, 0.29) is 23.9 Å². The Morgan fingerprint density at radius 1 is 1.35 bits per heavy atom. The maximum Gasteiger partial charge on any atom is 0.258 e. The van der Waals surface area contributed by atoms with E-state index in [4.69, 9.17) is 4.74 Å². The van der Waals surface area contributed by atoms with Crippen LogP contribution in [-0.2, 0) is 9.53 Å². The second-order valence-corrected chi connectivity index (χ2v) is 7.54. The first-order chi connectivity index (χ1) is 11.0. The molecule has 124 valence electrons. The summed E-state index contributed by atoms with van der Waals surface area (Å²) in [4.78, 5) is 16.0. The van der Waals surface area contributed by atoms with Crippen LogP contribution in [0.4, 0.5) is 4.39 Å². The number of hydrogen-bond acceptors (Lipinski definition) is 4. The van der Waals surface area contributed by atoms with Crippen LogP contribution in [0, 0.1) is 17.8 Å². The molecule has 5 nitrogen and oxygen atoms in total. The molecule has 5 aliphatic rings. The summed E-state index contributed by atoms with van der Waals surface area (Å²) in [7, 11) is 0. The summed E-state index contributed by atoms with van der Waals surface area (Å²) in [6.07, 6.45) is 8.28. The number of carbonyl (C=O) groups excluding carboxylic acids is 1. The van der Waals surface area contributed by atoms with E-state index >= 15 is 0 Å². The van der Waals surface area contributed by atoms with E-state index in [0.717, 1.165) is 43.2 Å². The Morgan fingerprint density at radius 3 is 2.57 bits per heavy atom. The van der Waals surface area contributed by atoms with Crippen LogP contribution in [-0.4, -0.2) is 24.3 Å². The molecule has 0 saturated heterocycles. The van der Waals surface area contributed by atoms with Gasteiger partial charge in [-0.2, -0.15) is 4.39 Å². The number of carbonyl (C=O) groups is 1. The molecule has 1 heterocycles. The van der Waals surface area contributed by atoms with Gasteiger partial charge in [0.2, 0.25) is 11.7 Å². The van der Waals surface area contributed by atoms with Crippen molar-refractivity contribution in [3.8, 4) is 0 Å². The fourth-order valence-electron chi connectivity index (χ4n) is 5.25. The maximum absolute atomic E-state index is 13.6. The van der Waals surface area contributed by atoms with Crippen LogP contribution in [0.15, 0.2) is 29.1 Å². The van der Waals surface area contributed by atoms with Gasteiger partial charge in [-0.15, -0.1) is 0 Å². The standard InChI is InChI=1S/C17H22FN3O2/c1-10-19-8-14(18)16(20-10)23-9-15(22)21-17-5-11-2-12(6-17)4-13(3-11)7-17/h8,11-13,20H,1-7,9H2,(H,21,22). The van der Waals surface area contributed by atoms with Crippen LogP contribution in [0.2, 0.25) is 0 Å². The summed E-state index contributed by atoms with van der Waals surface area (Å²) in [6.45, 7) is 3.39. The zero-order valence-electron chi connectivity index (χ0n) is 13.1. The van der Waals surface area contributed by atoms with Crippen LogP contribution in [0.25, 0.3) is 0 Å². The number of rotatable bonds is 4. The van der Waals surface area contributed by atoms with Crippen molar-refractivity contribution in [1.29, 1.82) is 0 Å². The van der Waals surface area contributed by atoms with Crippen molar-refractivity contribution < 1.29 is 13.9 Å². The van der Waals surface area contributed by atoms with Crippen LogP contribution >= 0.6 is 0 Å². The second kappa shape index (κ2) is 5.35. The van der Waals surface area contributed by atoms with Gasteiger partial charge in [-0.1, -0.05) is 6.58 Å². The molecule has 5 rings (SSSR count). The number of aliphatic imine (C=N–C) groups is 1. The molecule has 1 amide bonds. The van der Waals surface area contributed by atoms with Crippen molar-refractivity contribution >= 4 is 12.1 Å². The number of hydrogen-bond donors (Lipinski definition) is 2. The molecule has 0 aromatic carbocycles. The lowest BCUT2D eigenvalue weighted by molar-refractivity contribution is -0.130. The van der Waals surface area contributed by atoms with Gasteiger partial charge in [0.1, 0.15) is 5.82 Å². The number of nitrogens with one attached hydrogen (secondary N) is 2. The Morgan fingerprint density at radius 2 is 1.96 bits per heavy atom. The average Bonchev–Trinajstić information content (AvgIpc) is 2.46. The Hall–Kier alpha value is -1.85. The van der Waals surface area contributed by atoms with Crippen molar-refractivity contribution in [2.45, 2.75) is 44.1 Å². The molecule has 4 aliphatic carbocycles. The average molecular weight is 319 g/mol. The molecular formula is C17H22FN3O2. The predicted molar refractivity (Wildman–Crippen MR) is 83.9 cm³/mol. The lowest BCUT2D eigenvalue weighted by Gasteiger charge is -2.56. The van der Waals surface area contributed by atoms with E-state index in [1.807, 2.05) is 0 Å². The third kappa shape index (κ3) is 2.86. The van der Waals surface area contributed by atoms with Gasteiger partial charge in [-0.3, -0.25) is 4.79 Å². The van der Waals surface area contributed by atoms with Crippen molar-refractivity contribution in [3.05, 3.63) is 24.1 Å². The van der Waals surface area contributed by atoms with Crippen molar-refractivity contribution in [3.63, 3.8) is 0 Å². The van der Waals surface area contributed by atoms with Gasteiger partial charge in [0.25, 0.3) is 5.91 Å². The van der Waals surface area contributed by atoms with Crippen molar-refractivity contribution in [2.75, 3.05) is 6.61 Å². The molecule has 4 saturated carbocycles. The SMILES string of the molecule is C=C1N=CC(F)=C(OCC(=O)NC23CC4CC(CC(C4)C2)C3)N1. The molecule has 0 aromatic rings. The lowest BCUT2D eigenvalue weighted by Crippen LogP contribution is -2.60. The van der Waals surface area contributed by atoms with Gasteiger partial charge in [-0.25, -0.2) is 4.99 Å². The first kappa shape index (κ1) is 14.7. The molecule has 1 aliphatic heterocycles. The molecule has 0 spiro atoms. The molecule has 0 atom stereocenters. The van der Waals surface area contributed by atoms with Crippen LogP contribution in [0.5, 0.6) is 0 Å². The quantitative estimate of drug-likeness (QED) is 0.836. The van der Waals surface area contributed by atoms with E-state index in [0.29, 0.717) is 5.82 Å². The molecule has 6 heteroatoms. The number of amides is 1. The van der Waals surface area contributed by atoms with Gasteiger partial charge < -0.3 is 15.4 Å². The third-order valence-corrected chi connectivity index (χ3v) is 5.60. The molecule has 4 fully saturated rings. The molecule has 0 unspecified atom stereocenters. The zero-order valence-corrected chi connectivity index (χ0v) is 13.1. The van der Waals surface area contributed by atoms with Crippen LogP contribution < -0.4 is 10.6 Å². The number of halogens is 1. The summed E-state index contributed by atoms with van der Waals surface area (Å²) in [5.74, 6) is 1.70. The van der Waals surface area contributed by atoms with Gasteiger partial charge in [0.05, 0.1) is 6.21 Å². The first-order valence-corrected chi connectivity index (χ1v) is 8.35. The van der Waals surface area contributed by atoms with Crippen LogP contribution in [0.1, 0.15) is 38.5 Å². The minimum Gasteiger partial charge on any atom is -0.467 e. The van der Waals surface area contributed by atoms with E-state index < -0.39 is 5.83 Å². The summed E-state index contributed by atoms with van der Waals surface area (Å²) in [5.41, 5.74) is -0.0484. The fourth-order valence-corrected chi connectivity index (χ4v) is 5.25. The summed E-state index contributed by atoms with van der Waals surface area (Å²) >= 11 is 0. The smallest absolute Gasteiger partial charge is 0.258 e. The third-order valence-electron chi connectivity index (χ3n) is 5.60. The fraction of sp³-hybridized carbons (Fsp3) is 0.647. The minimum absolute atomic E-state index is 0.0484. The number of nitrogens with zero attached hydrogens (tertiary/aromatic N) is 1. The van der Waals surface area contributed by atoms with Gasteiger partial charge >= 0.3 is 0 Å². The lowest BCUT2D eigenvalue weighted by atomic mass is 9.53. The number of ether oxygens (including phenoxy) is 1. The normalized spacial score (nSPS) is 37.8. The molecular weight excluding hydrogens is 297 g/mol. The van der Waals surface area contributed by atoms with E-state index in [1.165, 1.54) is 19.3 Å². The monoisotopic (exact) mass is 319 g/mol. The highest BCUT2D eigenvalue weighted by atomic mass is 19.1. The maximum atomic E-state index is 13.6. The van der Waals surface area contributed by atoms with Crippen molar-refractivity contribution in [1.82, 2.24) is 10.6 Å². The van der Waals surface area contributed by atoms with Gasteiger partial charge in [-0.05, 0) is 56.3 Å². The Bertz CT molecular complexity index is 576. The predicted octanol–water partition coefficient (Wildman–Crippen LogP) is 2.37. The van der Waals surface area contributed by atoms with E-state index in [2.05, 4.69) is 22.2 Å². The summed E-state index contributed by atoms with van der Waals surface area (Å²) in [6, 6.07) is 0. The Labute approximate surface area is 135 Å². The summed E-state index contributed by atoms with van der Waals surface area (Å²) < 4.78 is 18.8. The Kier molecular flexibility index (Phi) is 3.43. The topological polar surface area (TPSA) is 62.7 Å². The molecule has 4 bridgehead atoms. The zero-order chi connectivity index (χ0) is 16.0. The van der Waals surface area contributed by atoms with E-state index in [9.17, 15) is 9.18 Å². The highest BCUT2D eigenvalue weighted by molar-refractivity contribution is 5.80. The molecule has 0 radical (unpaired) electrons. The number of allylic oxidation sites excluding steroid dienone is 1. The Balaban J connectivity index is 1.36. The largest absolute Gasteiger partial charge is 0.467 e. The van der Waals surface area contributed by atoms with Gasteiger partial charge in [0.15, 0.2) is 6.61 Å². The highest BCUT2D eigenvalue weighted by Crippen LogP contribution is 2.55. The molecule has 23 heavy (non-hydrogen) atoms. The van der Waals surface area contributed by atoms with Crippen LogP contribution in [0.3, 0.4) is 0 Å². The molecule has 2 N–H and O–H groups in total. The highest BCUT2D eigenvalue weighted by Gasteiger charge is 2.51. The first-order valence-electron chi connectivity index (χ1n) is 8.35. The summed E-state index contributed by atoms with van der Waals surface area (Å²) in [5, 5.41) is 5.79.